The second-order valence-electron chi connectivity index (χ2n) is 6.86. The lowest BCUT2D eigenvalue weighted by Gasteiger charge is -2.39. The monoisotopic (exact) mass is 373 g/mol. The van der Waals surface area contributed by atoms with E-state index in [9.17, 15) is 0 Å². The first-order valence-corrected chi connectivity index (χ1v) is 9.00. The zero-order chi connectivity index (χ0) is 19.5. The lowest BCUT2D eigenvalue weighted by Crippen LogP contribution is -2.46. The van der Waals surface area contributed by atoms with Crippen molar-refractivity contribution in [3.63, 3.8) is 0 Å². The predicted octanol–water partition coefficient (Wildman–Crippen LogP) is 2.64. The van der Waals surface area contributed by atoms with Crippen molar-refractivity contribution in [3.05, 3.63) is 29.8 Å². The third-order valence-electron chi connectivity index (χ3n) is 4.30. The molecule has 7 nitrogen and oxygen atoms in total. The maximum atomic E-state index is 8.64. The summed E-state index contributed by atoms with van der Waals surface area (Å²) in [4.78, 5) is 2.04. The molecule has 0 spiro atoms. The molecule has 27 heavy (non-hydrogen) atoms. The molecule has 0 radical (unpaired) electrons. The van der Waals surface area contributed by atoms with Gasteiger partial charge in [-0.15, -0.1) is 0 Å². The van der Waals surface area contributed by atoms with Crippen LogP contribution >= 0.6 is 0 Å². The van der Waals surface area contributed by atoms with Crippen LogP contribution in [0.4, 0.5) is 5.69 Å². The highest BCUT2D eigenvalue weighted by Crippen LogP contribution is 2.33. The average Bonchev–Trinajstić information content (AvgIpc) is 2.69. The molecule has 0 aliphatic carbocycles. The highest BCUT2D eigenvalue weighted by molar-refractivity contribution is 5.46. The second-order valence-corrected chi connectivity index (χ2v) is 6.86. The van der Waals surface area contributed by atoms with Gasteiger partial charge in [0.2, 0.25) is 0 Å². The standard InChI is InChI=1S/C20H27N3O4/c1-23(2)18-7-5-17(6-8-18)19-26-15-20(16-27-19,13-24-11-3-9-21)14-25-12-4-10-22/h5-8,19H,3-4,11-16H2,1-2H3. The molecule has 1 aromatic rings. The summed E-state index contributed by atoms with van der Waals surface area (Å²) in [6.07, 6.45) is 0.259. The fourth-order valence-corrected chi connectivity index (χ4v) is 2.74. The molecule has 1 fully saturated rings. The fourth-order valence-electron chi connectivity index (χ4n) is 2.74. The molecule has 1 saturated heterocycles. The molecule has 0 amide bonds. The Morgan fingerprint density at radius 3 is 1.96 bits per heavy atom. The zero-order valence-electron chi connectivity index (χ0n) is 16.0. The number of hydrogen-bond acceptors (Lipinski definition) is 7. The van der Waals surface area contributed by atoms with Crippen LogP contribution in [-0.4, -0.2) is 53.7 Å². The Labute approximate surface area is 161 Å². The molecule has 7 heteroatoms. The third-order valence-corrected chi connectivity index (χ3v) is 4.30. The van der Waals surface area contributed by atoms with Crippen molar-refractivity contribution in [1.82, 2.24) is 0 Å². The van der Waals surface area contributed by atoms with Crippen molar-refractivity contribution in [3.8, 4) is 12.1 Å². The predicted molar refractivity (Wildman–Crippen MR) is 99.9 cm³/mol. The lowest BCUT2D eigenvalue weighted by atomic mass is 9.91. The molecule has 0 N–H and O–H groups in total. The van der Waals surface area contributed by atoms with Crippen LogP contribution in [-0.2, 0) is 18.9 Å². The van der Waals surface area contributed by atoms with E-state index in [-0.39, 0.29) is 0 Å². The maximum Gasteiger partial charge on any atom is 0.183 e. The van der Waals surface area contributed by atoms with E-state index < -0.39 is 11.7 Å². The van der Waals surface area contributed by atoms with Gasteiger partial charge in [-0.25, -0.2) is 0 Å². The van der Waals surface area contributed by atoms with Gasteiger partial charge in [0.05, 0.1) is 70.0 Å². The van der Waals surface area contributed by atoms with Crippen LogP contribution in [0, 0.1) is 28.1 Å². The minimum Gasteiger partial charge on any atom is -0.380 e. The molecule has 146 valence electrons. The van der Waals surface area contributed by atoms with Crippen LogP contribution in [0.2, 0.25) is 0 Å². The molecule has 0 saturated carbocycles. The van der Waals surface area contributed by atoms with Crippen LogP contribution in [0.15, 0.2) is 24.3 Å². The van der Waals surface area contributed by atoms with E-state index in [0.29, 0.717) is 52.5 Å². The quantitative estimate of drug-likeness (QED) is 0.583. The Morgan fingerprint density at radius 1 is 1.00 bits per heavy atom. The van der Waals surface area contributed by atoms with E-state index in [2.05, 4.69) is 12.1 Å². The molecular weight excluding hydrogens is 346 g/mol. The summed E-state index contributed by atoms with van der Waals surface area (Å²) in [7, 11) is 3.99. The minimum absolute atomic E-state index is 0.341. The highest BCUT2D eigenvalue weighted by atomic mass is 16.7. The Hall–Kier alpha value is -2.16. The third kappa shape index (κ3) is 6.50. The van der Waals surface area contributed by atoms with Crippen LogP contribution < -0.4 is 4.90 Å². The number of hydrogen-bond donors (Lipinski definition) is 0. The Balaban J connectivity index is 1.93. The molecular formula is C20H27N3O4. The van der Waals surface area contributed by atoms with Crippen molar-refractivity contribution >= 4 is 5.69 Å². The van der Waals surface area contributed by atoms with Gasteiger partial charge < -0.3 is 23.8 Å². The van der Waals surface area contributed by atoms with E-state index >= 15 is 0 Å². The lowest BCUT2D eigenvalue weighted by molar-refractivity contribution is -0.254. The fraction of sp³-hybridized carbons (Fsp3) is 0.600. The first-order valence-electron chi connectivity index (χ1n) is 9.00. The second kappa shape index (κ2) is 10.9. The average molecular weight is 373 g/mol. The molecule has 1 aromatic carbocycles. The number of rotatable bonds is 10. The summed E-state index contributed by atoms with van der Waals surface area (Å²) in [5.41, 5.74) is 1.64. The molecule has 0 unspecified atom stereocenters. The minimum atomic E-state index is -0.439. The summed E-state index contributed by atoms with van der Waals surface area (Å²) < 4.78 is 23.2. The molecule has 1 aliphatic rings. The highest BCUT2D eigenvalue weighted by Gasteiger charge is 2.38. The van der Waals surface area contributed by atoms with Crippen molar-refractivity contribution in [1.29, 1.82) is 10.5 Å². The summed E-state index contributed by atoms with van der Waals surface area (Å²) in [6.45, 7) is 2.34. The van der Waals surface area contributed by atoms with Gasteiger partial charge in [0.25, 0.3) is 0 Å². The van der Waals surface area contributed by atoms with Gasteiger partial charge >= 0.3 is 0 Å². The number of nitriles is 2. The van der Waals surface area contributed by atoms with Crippen molar-refractivity contribution in [2.45, 2.75) is 19.1 Å². The first kappa shape index (κ1) is 21.1. The smallest absolute Gasteiger partial charge is 0.183 e. The normalized spacial score (nSPS) is 16.4. The van der Waals surface area contributed by atoms with Gasteiger partial charge in [-0.2, -0.15) is 10.5 Å². The van der Waals surface area contributed by atoms with Crippen molar-refractivity contribution in [2.75, 3.05) is 58.6 Å². The summed E-state index contributed by atoms with van der Waals surface area (Å²) in [5, 5.41) is 17.3. The van der Waals surface area contributed by atoms with Gasteiger partial charge in [-0.3, -0.25) is 0 Å². The molecule has 0 atom stereocenters. The van der Waals surface area contributed by atoms with Crippen LogP contribution in [0.5, 0.6) is 0 Å². The summed E-state index contributed by atoms with van der Waals surface area (Å²) in [5.74, 6) is 0. The maximum absolute atomic E-state index is 8.64. The van der Waals surface area contributed by atoms with Gasteiger partial charge in [0, 0.05) is 25.3 Å². The van der Waals surface area contributed by atoms with E-state index in [4.69, 9.17) is 29.5 Å². The zero-order valence-corrected chi connectivity index (χ0v) is 16.0. The number of nitrogens with zero attached hydrogens (tertiary/aromatic N) is 3. The van der Waals surface area contributed by atoms with Crippen LogP contribution in [0.3, 0.4) is 0 Å². The topological polar surface area (TPSA) is 87.7 Å². The van der Waals surface area contributed by atoms with E-state index in [1.807, 2.05) is 43.3 Å². The van der Waals surface area contributed by atoms with Gasteiger partial charge in [0.15, 0.2) is 6.29 Å². The molecule has 0 bridgehead atoms. The summed E-state index contributed by atoms with van der Waals surface area (Å²) in [6, 6.07) is 12.2. The summed E-state index contributed by atoms with van der Waals surface area (Å²) >= 11 is 0. The Bertz CT molecular complexity index is 617. The van der Waals surface area contributed by atoms with Gasteiger partial charge in [-0.1, -0.05) is 12.1 Å². The number of anilines is 1. The van der Waals surface area contributed by atoms with E-state index in [1.165, 1.54) is 0 Å². The number of ether oxygens (including phenoxy) is 4. The number of benzene rings is 1. The van der Waals surface area contributed by atoms with Crippen LogP contribution in [0.1, 0.15) is 24.7 Å². The largest absolute Gasteiger partial charge is 0.380 e. The molecule has 2 rings (SSSR count). The van der Waals surface area contributed by atoms with Crippen LogP contribution in [0.25, 0.3) is 0 Å². The van der Waals surface area contributed by atoms with E-state index in [1.54, 1.807) is 0 Å². The Morgan fingerprint density at radius 2 is 1.52 bits per heavy atom. The Kier molecular flexibility index (Phi) is 8.50. The first-order chi connectivity index (χ1) is 13.1. The van der Waals surface area contributed by atoms with Gasteiger partial charge in [-0.05, 0) is 12.1 Å². The SMILES string of the molecule is CN(C)c1ccc(C2OCC(COCCC#N)(COCCC#N)CO2)cc1. The molecule has 0 aromatic heterocycles. The van der Waals surface area contributed by atoms with Crippen molar-refractivity contribution < 1.29 is 18.9 Å². The van der Waals surface area contributed by atoms with Gasteiger partial charge in [0.1, 0.15) is 0 Å². The van der Waals surface area contributed by atoms with Crippen molar-refractivity contribution in [2.24, 2.45) is 5.41 Å². The molecule has 1 aliphatic heterocycles. The van der Waals surface area contributed by atoms with E-state index in [0.717, 1.165) is 11.3 Å². The molecule has 1 heterocycles.